The van der Waals surface area contributed by atoms with Gasteiger partial charge < -0.3 is 10.0 Å². The molecular weight excluding hydrogens is 320 g/mol. The third-order valence-corrected chi connectivity index (χ3v) is 5.01. The van der Waals surface area contributed by atoms with Crippen molar-refractivity contribution < 1.29 is 14.7 Å². The van der Waals surface area contributed by atoms with Gasteiger partial charge in [0.15, 0.2) is 0 Å². The van der Waals surface area contributed by atoms with E-state index in [2.05, 4.69) is 4.98 Å². The Morgan fingerprint density at radius 2 is 2.15 bits per heavy atom. The fraction of sp³-hybridized carbons (Fsp3) is 0.250. The zero-order chi connectivity index (χ0) is 14.9. The molecule has 2 aromatic rings. The highest BCUT2D eigenvalue weighted by Crippen LogP contribution is 2.33. The number of carbonyl (C=O) groups is 2. The number of aromatic nitrogens is 1. The van der Waals surface area contributed by atoms with Crippen LogP contribution in [0, 0.1) is 0 Å². The van der Waals surface area contributed by atoms with E-state index in [-0.39, 0.29) is 5.69 Å². The van der Waals surface area contributed by atoms with E-state index in [1.165, 1.54) is 36.6 Å². The minimum absolute atomic E-state index is 0.241. The molecule has 0 aliphatic carbocycles. The number of rotatable bonds is 4. The first-order valence-corrected chi connectivity index (χ1v) is 7.68. The normalized spacial score (nSPS) is 12.2. The van der Waals surface area contributed by atoms with Crippen LogP contribution in [0.1, 0.15) is 17.4 Å². The summed E-state index contributed by atoms with van der Waals surface area (Å²) in [4.78, 5) is 29.3. The number of hydrogen-bond acceptors (Lipinski definition) is 5. The number of carboxylic acid groups (broad SMARTS) is 1. The van der Waals surface area contributed by atoms with Crippen molar-refractivity contribution in [3.8, 4) is 9.88 Å². The van der Waals surface area contributed by atoms with Gasteiger partial charge in [-0.25, -0.2) is 9.78 Å². The lowest BCUT2D eigenvalue weighted by Gasteiger charge is -2.20. The summed E-state index contributed by atoms with van der Waals surface area (Å²) in [6.07, 6.45) is 0. The summed E-state index contributed by atoms with van der Waals surface area (Å²) in [5.41, 5.74) is 0.241. The molecule has 0 radical (unpaired) electrons. The molecule has 20 heavy (non-hydrogen) atoms. The van der Waals surface area contributed by atoms with E-state index in [1.54, 1.807) is 11.4 Å². The number of carbonyl (C=O) groups excluding carboxylic acids is 1. The average molecular weight is 331 g/mol. The fourth-order valence-corrected chi connectivity index (χ4v) is 3.35. The zero-order valence-corrected chi connectivity index (χ0v) is 13.1. The molecule has 5 nitrogen and oxygen atoms in total. The Labute approximate surface area is 128 Å². The lowest BCUT2D eigenvalue weighted by Crippen LogP contribution is -2.40. The molecule has 2 heterocycles. The highest BCUT2D eigenvalue weighted by atomic mass is 35.5. The smallest absolute Gasteiger partial charge is 0.326 e. The lowest BCUT2D eigenvalue weighted by atomic mass is 10.3. The number of aliphatic carboxylic acids is 1. The van der Waals surface area contributed by atoms with Crippen LogP contribution in [-0.4, -0.2) is 40.0 Å². The molecule has 1 atom stereocenters. The van der Waals surface area contributed by atoms with Crippen molar-refractivity contribution in [1.82, 2.24) is 9.88 Å². The molecule has 0 aromatic carbocycles. The molecule has 0 aliphatic rings. The van der Waals surface area contributed by atoms with E-state index >= 15 is 0 Å². The average Bonchev–Trinajstić information content (AvgIpc) is 3.04. The Balaban J connectivity index is 2.20. The molecule has 1 unspecified atom stereocenters. The van der Waals surface area contributed by atoms with Gasteiger partial charge in [0, 0.05) is 12.4 Å². The predicted octanol–water partition coefficient (Wildman–Crippen LogP) is 3.07. The first kappa shape index (κ1) is 15.0. The maximum atomic E-state index is 12.1. The van der Waals surface area contributed by atoms with Crippen molar-refractivity contribution in [2.24, 2.45) is 0 Å². The zero-order valence-electron chi connectivity index (χ0n) is 10.7. The van der Waals surface area contributed by atoms with Gasteiger partial charge in [0.25, 0.3) is 5.91 Å². The molecule has 1 amide bonds. The number of hydrogen-bond donors (Lipinski definition) is 1. The molecule has 1 N–H and O–H groups in total. The number of amides is 1. The monoisotopic (exact) mass is 330 g/mol. The molecule has 2 rings (SSSR count). The first-order chi connectivity index (χ1) is 9.40. The molecule has 0 bridgehead atoms. The molecule has 2 aromatic heterocycles. The van der Waals surface area contributed by atoms with Gasteiger partial charge in [0.1, 0.15) is 16.7 Å². The molecule has 106 valence electrons. The number of halogens is 1. The number of likely N-dealkylation sites (N-methyl/N-ethyl adjacent to an activating group) is 1. The van der Waals surface area contributed by atoms with Crippen molar-refractivity contribution in [1.29, 1.82) is 0 Å². The number of thiophene rings is 1. The Morgan fingerprint density at radius 1 is 1.45 bits per heavy atom. The maximum absolute atomic E-state index is 12.1. The van der Waals surface area contributed by atoms with E-state index in [9.17, 15) is 9.59 Å². The molecule has 0 saturated heterocycles. The van der Waals surface area contributed by atoms with Gasteiger partial charge in [-0.1, -0.05) is 11.6 Å². The van der Waals surface area contributed by atoms with Gasteiger partial charge in [-0.3, -0.25) is 4.79 Å². The maximum Gasteiger partial charge on any atom is 0.326 e. The summed E-state index contributed by atoms with van der Waals surface area (Å²) in [5.74, 6) is -1.47. The molecule has 0 spiro atoms. The summed E-state index contributed by atoms with van der Waals surface area (Å²) in [5, 5.41) is 11.2. The number of nitrogens with zero attached hydrogens (tertiary/aromatic N) is 2. The van der Waals surface area contributed by atoms with Crippen molar-refractivity contribution in [2.75, 3.05) is 7.05 Å². The van der Waals surface area contributed by atoms with E-state index in [0.717, 1.165) is 9.78 Å². The minimum Gasteiger partial charge on any atom is -0.480 e. The van der Waals surface area contributed by atoms with Crippen molar-refractivity contribution >= 4 is 46.2 Å². The van der Waals surface area contributed by atoms with Gasteiger partial charge in [0.05, 0.1) is 9.21 Å². The minimum atomic E-state index is -1.05. The third-order valence-electron chi connectivity index (χ3n) is 2.77. The van der Waals surface area contributed by atoms with Gasteiger partial charge in [-0.05, 0) is 19.1 Å². The highest BCUT2D eigenvalue weighted by Gasteiger charge is 2.24. The summed E-state index contributed by atoms with van der Waals surface area (Å²) < 4.78 is 0.652. The van der Waals surface area contributed by atoms with Gasteiger partial charge in [-0.15, -0.1) is 22.7 Å². The molecule has 0 aliphatic heterocycles. The summed E-state index contributed by atoms with van der Waals surface area (Å²) in [6, 6.07) is 2.70. The van der Waals surface area contributed by atoms with Crippen molar-refractivity contribution in [3.05, 3.63) is 27.5 Å². The second-order valence-corrected chi connectivity index (χ2v) is 6.65. The van der Waals surface area contributed by atoms with Crippen molar-refractivity contribution in [2.45, 2.75) is 13.0 Å². The fourth-order valence-electron chi connectivity index (χ4n) is 1.44. The lowest BCUT2D eigenvalue weighted by molar-refractivity contribution is -0.141. The van der Waals surface area contributed by atoms with Crippen LogP contribution >= 0.6 is 34.3 Å². The van der Waals surface area contributed by atoms with Gasteiger partial charge >= 0.3 is 5.97 Å². The quantitative estimate of drug-likeness (QED) is 0.935. The summed E-state index contributed by atoms with van der Waals surface area (Å²) in [6.45, 7) is 1.45. The molecule has 0 saturated carbocycles. The number of thiazole rings is 1. The van der Waals surface area contributed by atoms with Crippen molar-refractivity contribution in [3.63, 3.8) is 0 Å². The van der Waals surface area contributed by atoms with Crippen LogP contribution in [0.2, 0.25) is 4.34 Å². The van der Waals surface area contributed by atoms with Crippen LogP contribution < -0.4 is 0 Å². The van der Waals surface area contributed by atoms with E-state index in [4.69, 9.17) is 16.7 Å². The third kappa shape index (κ3) is 3.00. The largest absolute Gasteiger partial charge is 0.480 e. The van der Waals surface area contributed by atoms with Crippen LogP contribution in [0.25, 0.3) is 9.88 Å². The van der Waals surface area contributed by atoms with E-state index in [1.807, 2.05) is 6.07 Å². The van der Waals surface area contributed by atoms with Crippen LogP contribution in [0.3, 0.4) is 0 Å². The van der Waals surface area contributed by atoms with Crippen LogP contribution in [0.4, 0.5) is 0 Å². The van der Waals surface area contributed by atoms with E-state index < -0.39 is 17.9 Å². The van der Waals surface area contributed by atoms with Gasteiger partial charge in [-0.2, -0.15) is 0 Å². The Morgan fingerprint density at radius 3 is 2.70 bits per heavy atom. The summed E-state index contributed by atoms with van der Waals surface area (Å²) in [7, 11) is 1.45. The molecule has 8 heteroatoms. The highest BCUT2D eigenvalue weighted by molar-refractivity contribution is 7.23. The van der Waals surface area contributed by atoms with E-state index in [0.29, 0.717) is 9.34 Å². The summed E-state index contributed by atoms with van der Waals surface area (Å²) >= 11 is 8.57. The Bertz CT molecular complexity index is 653. The van der Waals surface area contributed by atoms with Gasteiger partial charge in [0.2, 0.25) is 0 Å². The van der Waals surface area contributed by atoms with Crippen LogP contribution in [-0.2, 0) is 4.79 Å². The molecular formula is C12H11ClN2O3S2. The topological polar surface area (TPSA) is 70.5 Å². The first-order valence-electron chi connectivity index (χ1n) is 5.61. The predicted molar refractivity (Wildman–Crippen MR) is 79.6 cm³/mol. The second kappa shape index (κ2) is 5.90. The SMILES string of the molecule is CC(C(=O)O)N(C)C(=O)c1csc(-c2ccc(Cl)s2)n1. The standard InChI is InChI=1S/C12H11ClN2O3S2/c1-6(12(17)18)15(2)11(16)7-5-19-10(14-7)8-3-4-9(13)20-8/h3-6H,1-2H3,(H,17,18). The van der Waals surface area contributed by atoms with Crippen LogP contribution in [0.15, 0.2) is 17.5 Å². The number of carboxylic acids is 1. The van der Waals surface area contributed by atoms with Crippen LogP contribution in [0.5, 0.6) is 0 Å². The Kier molecular flexibility index (Phi) is 4.42. The molecule has 0 fully saturated rings. The Hall–Kier alpha value is -1.44. The second-order valence-electron chi connectivity index (χ2n) is 4.07.